The Morgan fingerprint density at radius 2 is 2.33 bits per heavy atom. The Labute approximate surface area is 108 Å². The molecule has 0 spiro atoms. The first kappa shape index (κ1) is 13.2. The van der Waals surface area contributed by atoms with E-state index in [2.05, 4.69) is 12.2 Å². The molecule has 4 nitrogen and oxygen atoms in total. The fourth-order valence-corrected chi connectivity index (χ4v) is 2.29. The van der Waals surface area contributed by atoms with Crippen molar-refractivity contribution >= 4 is 0 Å². The van der Waals surface area contributed by atoms with Crippen molar-refractivity contribution in [3.8, 4) is 11.5 Å². The molecule has 0 amide bonds. The van der Waals surface area contributed by atoms with E-state index in [0.29, 0.717) is 17.8 Å². The predicted octanol–water partition coefficient (Wildman–Crippen LogP) is 1.92. The van der Waals surface area contributed by atoms with Gasteiger partial charge in [0.2, 0.25) is 0 Å². The van der Waals surface area contributed by atoms with Crippen molar-refractivity contribution in [2.75, 3.05) is 20.3 Å². The first-order valence-electron chi connectivity index (χ1n) is 6.39. The van der Waals surface area contributed by atoms with Gasteiger partial charge in [-0.2, -0.15) is 0 Å². The van der Waals surface area contributed by atoms with E-state index in [1.165, 1.54) is 0 Å². The molecule has 1 heterocycles. The number of hydrogen-bond acceptors (Lipinski definition) is 4. The van der Waals surface area contributed by atoms with Crippen molar-refractivity contribution in [1.29, 1.82) is 0 Å². The Morgan fingerprint density at radius 3 is 2.94 bits per heavy atom. The molecule has 2 unspecified atom stereocenters. The maximum Gasteiger partial charge on any atom is 0.160 e. The molecule has 0 aromatic heterocycles. The van der Waals surface area contributed by atoms with Crippen LogP contribution in [-0.4, -0.2) is 31.5 Å². The molecule has 2 atom stereocenters. The number of methoxy groups -OCH3 is 1. The fraction of sp³-hybridized carbons (Fsp3) is 0.571. The van der Waals surface area contributed by atoms with Gasteiger partial charge in [0.25, 0.3) is 0 Å². The number of rotatable bonds is 5. The van der Waals surface area contributed by atoms with Gasteiger partial charge in [0, 0.05) is 19.7 Å². The minimum absolute atomic E-state index is 0.189. The molecule has 1 fully saturated rings. The van der Waals surface area contributed by atoms with Gasteiger partial charge in [-0.25, -0.2) is 0 Å². The highest BCUT2D eigenvalue weighted by Gasteiger charge is 2.23. The van der Waals surface area contributed by atoms with Crippen LogP contribution in [-0.2, 0) is 11.3 Å². The zero-order valence-corrected chi connectivity index (χ0v) is 11.0. The maximum atomic E-state index is 9.67. The van der Waals surface area contributed by atoms with Gasteiger partial charge in [-0.05, 0) is 37.0 Å². The smallest absolute Gasteiger partial charge is 0.160 e. The monoisotopic (exact) mass is 251 g/mol. The van der Waals surface area contributed by atoms with Crippen molar-refractivity contribution < 1.29 is 14.6 Å². The predicted molar refractivity (Wildman–Crippen MR) is 69.9 cm³/mol. The Kier molecular flexibility index (Phi) is 4.44. The Balaban J connectivity index is 1.81. The highest BCUT2D eigenvalue weighted by molar-refractivity contribution is 5.41. The third-order valence-corrected chi connectivity index (χ3v) is 3.51. The summed E-state index contributed by atoms with van der Waals surface area (Å²) in [5.41, 5.74) is 1.06. The van der Waals surface area contributed by atoms with Crippen molar-refractivity contribution in [2.45, 2.75) is 26.0 Å². The van der Waals surface area contributed by atoms with Crippen molar-refractivity contribution in [1.82, 2.24) is 5.32 Å². The summed E-state index contributed by atoms with van der Waals surface area (Å²) in [6.45, 7) is 4.70. The molecule has 1 aromatic carbocycles. The van der Waals surface area contributed by atoms with E-state index >= 15 is 0 Å². The van der Waals surface area contributed by atoms with Gasteiger partial charge >= 0.3 is 0 Å². The number of hydrogen-bond donors (Lipinski definition) is 2. The first-order valence-corrected chi connectivity index (χ1v) is 6.39. The van der Waals surface area contributed by atoms with Crippen molar-refractivity contribution in [2.24, 2.45) is 5.92 Å². The Hall–Kier alpha value is -1.26. The fourth-order valence-electron chi connectivity index (χ4n) is 2.29. The van der Waals surface area contributed by atoms with Gasteiger partial charge in [0.15, 0.2) is 11.5 Å². The van der Waals surface area contributed by atoms with Crippen LogP contribution >= 0.6 is 0 Å². The van der Waals surface area contributed by atoms with Crippen LogP contribution in [0.3, 0.4) is 0 Å². The molecule has 2 N–H and O–H groups in total. The molecule has 0 saturated carbocycles. The molecule has 0 radical (unpaired) electrons. The third-order valence-electron chi connectivity index (χ3n) is 3.51. The number of phenolic OH excluding ortho intramolecular Hbond substituents is 1. The van der Waals surface area contributed by atoms with E-state index in [1.54, 1.807) is 19.2 Å². The summed E-state index contributed by atoms with van der Waals surface area (Å²) in [6.07, 6.45) is 1.48. The summed E-state index contributed by atoms with van der Waals surface area (Å²) in [4.78, 5) is 0. The number of phenols is 1. The largest absolute Gasteiger partial charge is 0.504 e. The highest BCUT2D eigenvalue weighted by Crippen LogP contribution is 2.26. The number of aromatic hydroxyl groups is 1. The topological polar surface area (TPSA) is 50.7 Å². The highest BCUT2D eigenvalue weighted by atomic mass is 16.5. The van der Waals surface area contributed by atoms with Crippen LogP contribution in [0.1, 0.15) is 18.9 Å². The van der Waals surface area contributed by atoms with Crippen LogP contribution in [0.25, 0.3) is 0 Å². The van der Waals surface area contributed by atoms with Gasteiger partial charge in [-0.3, -0.25) is 0 Å². The quantitative estimate of drug-likeness (QED) is 0.839. The molecule has 0 bridgehead atoms. The van der Waals surface area contributed by atoms with Gasteiger partial charge in [0.1, 0.15) is 0 Å². The number of nitrogens with one attached hydrogen (secondary N) is 1. The Morgan fingerprint density at radius 1 is 1.50 bits per heavy atom. The lowest BCUT2D eigenvalue weighted by atomic mass is 10.0. The van der Waals surface area contributed by atoms with Crippen LogP contribution in [0.2, 0.25) is 0 Å². The molecule has 1 aliphatic heterocycles. The van der Waals surface area contributed by atoms with Crippen LogP contribution in [0.5, 0.6) is 11.5 Å². The molecular formula is C14H21NO3. The third kappa shape index (κ3) is 3.15. The minimum atomic E-state index is 0.189. The summed E-state index contributed by atoms with van der Waals surface area (Å²) in [7, 11) is 1.55. The lowest BCUT2D eigenvalue weighted by Gasteiger charge is -2.15. The summed E-state index contributed by atoms with van der Waals surface area (Å²) in [5.74, 6) is 1.29. The Bertz CT molecular complexity index is 395. The van der Waals surface area contributed by atoms with E-state index < -0.39 is 0 Å². The van der Waals surface area contributed by atoms with Crippen LogP contribution in [0, 0.1) is 5.92 Å². The first-order chi connectivity index (χ1) is 8.70. The summed E-state index contributed by atoms with van der Waals surface area (Å²) < 4.78 is 10.5. The van der Waals surface area contributed by atoms with Crippen LogP contribution < -0.4 is 10.1 Å². The summed E-state index contributed by atoms with van der Waals surface area (Å²) in [5, 5.41) is 13.1. The van der Waals surface area contributed by atoms with Gasteiger partial charge < -0.3 is 19.9 Å². The average molecular weight is 251 g/mol. The molecule has 100 valence electrons. The molecule has 1 aliphatic rings. The van der Waals surface area contributed by atoms with E-state index in [4.69, 9.17) is 9.47 Å². The van der Waals surface area contributed by atoms with Crippen LogP contribution in [0.15, 0.2) is 18.2 Å². The van der Waals surface area contributed by atoms with Crippen molar-refractivity contribution in [3.05, 3.63) is 23.8 Å². The molecular weight excluding hydrogens is 230 g/mol. The molecule has 18 heavy (non-hydrogen) atoms. The van der Waals surface area contributed by atoms with Gasteiger partial charge in [0.05, 0.1) is 13.2 Å². The number of ether oxygens (including phenoxy) is 2. The van der Waals surface area contributed by atoms with Crippen molar-refractivity contribution in [3.63, 3.8) is 0 Å². The molecule has 1 saturated heterocycles. The molecule has 1 aromatic rings. The van der Waals surface area contributed by atoms with E-state index in [0.717, 1.165) is 31.7 Å². The second-order valence-corrected chi connectivity index (χ2v) is 4.76. The summed E-state index contributed by atoms with van der Waals surface area (Å²) in [6, 6.07) is 5.48. The lowest BCUT2D eigenvalue weighted by molar-refractivity contribution is 0.105. The zero-order valence-electron chi connectivity index (χ0n) is 11.0. The van der Waals surface area contributed by atoms with E-state index in [1.807, 2.05) is 6.07 Å². The molecule has 2 rings (SSSR count). The van der Waals surface area contributed by atoms with Gasteiger partial charge in [-0.1, -0.05) is 6.07 Å². The second kappa shape index (κ2) is 6.07. The molecule has 0 aliphatic carbocycles. The van der Waals surface area contributed by atoms with Crippen LogP contribution in [0.4, 0.5) is 0 Å². The summed E-state index contributed by atoms with van der Waals surface area (Å²) >= 11 is 0. The molecule has 4 heteroatoms. The average Bonchev–Trinajstić information content (AvgIpc) is 2.75. The number of benzene rings is 1. The minimum Gasteiger partial charge on any atom is -0.504 e. The second-order valence-electron chi connectivity index (χ2n) is 4.76. The SMILES string of the molecule is COc1ccc(CNCC2CCOC2C)cc1O. The van der Waals surface area contributed by atoms with Gasteiger partial charge in [-0.15, -0.1) is 0 Å². The lowest BCUT2D eigenvalue weighted by Crippen LogP contribution is -2.26. The zero-order chi connectivity index (χ0) is 13.0. The maximum absolute atomic E-state index is 9.67. The standard InChI is InChI=1S/C14H21NO3/c1-10-12(5-6-18-10)9-15-8-11-3-4-14(17-2)13(16)7-11/h3-4,7,10,12,15-16H,5-6,8-9H2,1-2H3. The van der Waals surface area contributed by atoms with E-state index in [-0.39, 0.29) is 5.75 Å². The normalized spacial score (nSPS) is 23.2. The van der Waals surface area contributed by atoms with E-state index in [9.17, 15) is 5.11 Å².